The highest BCUT2D eigenvalue weighted by Gasteiger charge is 2.05. The molecule has 5 heteroatoms. The van der Waals surface area contributed by atoms with E-state index in [1.165, 1.54) is 6.33 Å². The summed E-state index contributed by atoms with van der Waals surface area (Å²) in [7, 11) is 0. The third-order valence-electron chi connectivity index (χ3n) is 2.23. The molecule has 0 saturated heterocycles. The summed E-state index contributed by atoms with van der Waals surface area (Å²) in [5.74, 6) is 0.955. The van der Waals surface area contributed by atoms with Gasteiger partial charge in [-0.25, -0.2) is 9.97 Å². The molecule has 88 valence electrons. The first-order valence-corrected chi connectivity index (χ1v) is 5.60. The normalized spacial score (nSPS) is 10.2. The molecule has 1 heterocycles. The molecule has 2 aromatic rings. The number of halogens is 1. The first-order valence-electron chi connectivity index (χ1n) is 5.23. The molecule has 0 aliphatic carbocycles. The van der Waals surface area contributed by atoms with Gasteiger partial charge in [0.15, 0.2) is 0 Å². The van der Waals surface area contributed by atoms with Crippen molar-refractivity contribution in [2.45, 2.75) is 13.3 Å². The Labute approximate surface area is 104 Å². The third-order valence-corrected chi connectivity index (χ3v) is 2.54. The Hall–Kier alpha value is -1.81. The highest BCUT2D eigenvalue weighted by molar-refractivity contribution is 6.32. The minimum absolute atomic E-state index is 0.462. The fourth-order valence-electron chi connectivity index (χ4n) is 1.34. The van der Waals surface area contributed by atoms with Crippen LogP contribution in [-0.2, 0) is 6.42 Å². The lowest BCUT2D eigenvalue weighted by atomic mass is 10.3. The van der Waals surface area contributed by atoms with Crippen LogP contribution in [0, 0.1) is 0 Å². The van der Waals surface area contributed by atoms with Gasteiger partial charge in [-0.2, -0.15) is 0 Å². The number of ether oxygens (including phenoxy) is 1. The number of aryl methyl sites for hydroxylation is 1. The minimum atomic E-state index is 0.462. The molecule has 17 heavy (non-hydrogen) atoms. The minimum Gasteiger partial charge on any atom is -0.437 e. The van der Waals surface area contributed by atoms with E-state index in [1.54, 1.807) is 24.3 Å². The van der Waals surface area contributed by atoms with Crippen LogP contribution in [0.4, 0.5) is 5.69 Å². The standard InChI is InChI=1S/C12H12ClN3O/c1-2-9-6-12(16-7-15-9)17-11-5-8(14)3-4-10(11)13/h3-7H,2,14H2,1H3. The summed E-state index contributed by atoms with van der Waals surface area (Å²) in [6.45, 7) is 2.01. The van der Waals surface area contributed by atoms with Gasteiger partial charge >= 0.3 is 0 Å². The molecule has 0 saturated carbocycles. The molecule has 0 aliphatic heterocycles. The first-order chi connectivity index (χ1) is 8.19. The number of nitrogen functional groups attached to an aromatic ring is 1. The molecule has 0 atom stereocenters. The van der Waals surface area contributed by atoms with E-state index in [4.69, 9.17) is 22.1 Å². The summed E-state index contributed by atoms with van der Waals surface area (Å²) in [4.78, 5) is 8.11. The van der Waals surface area contributed by atoms with Crippen molar-refractivity contribution in [1.29, 1.82) is 0 Å². The van der Waals surface area contributed by atoms with Crippen LogP contribution in [0.5, 0.6) is 11.6 Å². The van der Waals surface area contributed by atoms with E-state index in [0.717, 1.165) is 12.1 Å². The van der Waals surface area contributed by atoms with E-state index in [1.807, 2.05) is 6.92 Å². The summed E-state index contributed by atoms with van der Waals surface area (Å²) in [6, 6.07) is 6.84. The van der Waals surface area contributed by atoms with Crippen molar-refractivity contribution in [1.82, 2.24) is 9.97 Å². The number of anilines is 1. The fraction of sp³-hybridized carbons (Fsp3) is 0.167. The van der Waals surface area contributed by atoms with Gasteiger partial charge in [0.2, 0.25) is 5.88 Å². The van der Waals surface area contributed by atoms with E-state index >= 15 is 0 Å². The van der Waals surface area contributed by atoms with Crippen molar-refractivity contribution in [2.75, 3.05) is 5.73 Å². The van der Waals surface area contributed by atoms with Crippen LogP contribution < -0.4 is 10.5 Å². The number of benzene rings is 1. The maximum Gasteiger partial charge on any atom is 0.222 e. The molecule has 0 unspecified atom stereocenters. The second-order valence-corrected chi connectivity index (χ2v) is 3.90. The van der Waals surface area contributed by atoms with Crippen molar-refractivity contribution in [2.24, 2.45) is 0 Å². The van der Waals surface area contributed by atoms with Crippen LogP contribution in [0.2, 0.25) is 5.02 Å². The van der Waals surface area contributed by atoms with Crippen LogP contribution in [0.1, 0.15) is 12.6 Å². The number of hydrogen-bond acceptors (Lipinski definition) is 4. The van der Waals surface area contributed by atoms with Crippen LogP contribution in [0.25, 0.3) is 0 Å². The lowest BCUT2D eigenvalue weighted by Crippen LogP contribution is -1.94. The van der Waals surface area contributed by atoms with Crippen LogP contribution >= 0.6 is 11.6 Å². The van der Waals surface area contributed by atoms with Crippen molar-refractivity contribution < 1.29 is 4.74 Å². The second kappa shape index (κ2) is 5.01. The lowest BCUT2D eigenvalue weighted by Gasteiger charge is -2.07. The van der Waals surface area contributed by atoms with Crippen LogP contribution in [0.3, 0.4) is 0 Å². The summed E-state index contributed by atoms with van der Waals surface area (Å²) >= 11 is 6.00. The molecular formula is C12H12ClN3O. The Kier molecular flexibility index (Phi) is 3.44. The maximum absolute atomic E-state index is 6.00. The number of nitrogens with two attached hydrogens (primary N) is 1. The van der Waals surface area contributed by atoms with Gasteiger partial charge in [0.05, 0.1) is 5.02 Å². The number of nitrogens with zero attached hydrogens (tertiary/aromatic N) is 2. The molecule has 4 nitrogen and oxygen atoms in total. The van der Waals surface area contributed by atoms with Gasteiger partial charge in [0.25, 0.3) is 0 Å². The molecule has 0 radical (unpaired) electrons. The van der Waals surface area contributed by atoms with E-state index in [-0.39, 0.29) is 0 Å². The molecule has 0 amide bonds. The quantitative estimate of drug-likeness (QED) is 0.850. The number of rotatable bonds is 3. The molecule has 2 N–H and O–H groups in total. The molecule has 0 spiro atoms. The topological polar surface area (TPSA) is 61.0 Å². The third kappa shape index (κ3) is 2.85. The van der Waals surface area contributed by atoms with Crippen molar-refractivity contribution in [3.63, 3.8) is 0 Å². The van der Waals surface area contributed by atoms with Gasteiger partial charge in [-0.3, -0.25) is 0 Å². The highest BCUT2D eigenvalue weighted by atomic mass is 35.5. The molecule has 0 fully saturated rings. The number of hydrogen-bond donors (Lipinski definition) is 1. The van der Waals surface area contributed by atoms with Crippen LogP contribution in [0.15, 0.2) is 30.6 Å². The predicted molar refractivity (Wildman–Crippen MR) is 67.3 cm³/mol. The lowest BCUT2D eigenvalue weighted by molar-refractivity contribution is 0.461. The van der Waals surface area contributed by atoms with Gasteiger partial charge in [-0.05, 0) is 18.6 Å². The molecule has 2 rings (SSSR count). The van der Waals surface area contributed by atoms with Gasteiger partial charge < -0.3 is 10.5 Å². The van der Waals surface area contributed by atoms with Gasteiger partial charge in [-0.1, -0.05) is 18.5 Å². The molecule has 0 aliphatic rings. The zero-order valence-electron chi connectivity index (χ0n) is 9.35. The molecule has 1 aromatic carbocycles. The van der Waals surface area contributed by atoms with E-state index in [9.17, 15) is 0 Å². The largest absolute Gasteiger partial charge is 0.437 e. The monoisotopic (exact) mass is 249 g/mol. The molecular weight excluding hydrogens is 238 g/mol. The fourth-order valence-corrected chi connectivity index (χ4v) is 1.49. The van der Waals surface area contributed by atoms with Gasteiger partial charge in [-0.15, -0.1) is 0 Å². The molecule has 0 bridgehead atoms. The Balaban J connectivity index is 2.27. The summed E-state index contributed by atoms with van der Waals surface area (Å²) in [5.41, 5.74) is 7.17. The summed E-state index contributed by atoms with van der Waals surface area (Å²) in [5, 5.41) is 0.496. The zero-order chi connectivity index (χ0) is 12.3. The van der Waals surface area contributed by atoms with E-state index < -0.39 is 0 Å². The summed E-state index contributed by atoms with van der Waals surface area (Å²) < 4.78 is 5.57. The Morgan fingerprint density at radius 1 is 1.29 bits per heavy atom. The average Bonchev–Trinajstić information content (AvgIpc) is 2.34. The average molecular weight is 250 g/mol. The Morgan fingerprint density at radius 3 is 2.88 bits per heavy atom. The van der Waals surface area contributed by atoms with Crippen molar-refractivity contribution in [3.8, 4) is 11.6 Å². The highest BCUT2D eigenvalue weighted by Crippen LogP contribution is 2.30. The van der Waals surface area contributed by atoms with Crippen LogP contribution in [-0.4, -0.2) is 9.97 Å². The predicted octanol–water partition coefficient (Wildman–Crippen LogP) is 3.07. The zero-order valence-corrected chi connectivity index (χ0v) is 10.1. The van der Waals surface area contributed by atoms with E-state index in [0.29, 0.717) is 22.3 Å². The smallest absolute Gasteiger partial charge is 0.222 e. The molecule has 1 aromatic heterocycles. The Morgan fingerprint density at radius 2 is 2.12 bits per heavy atom. The van der Waals surface area contributed by atoms with Crippen molar-refractivity contribution in [3.05, 3.63) is 41.3 Å². The second-order valence-electron chi connectivity index (χ2n) is 3.49. The SMILES string of the molecule is CCc1cc(Oc2cc(N)ccc2Cl)ncn1. The number of aromatic nitrogens is 2. The van der Waals surface area contributed by atoms with Gasteiger partial charge in [0, 0.05) is 23.5 Å². The van der Waals surface area contributed by atoms with E-state index in [2.05, 4.69) is 9.97 Å². The Bertz CT molecular complexity index is 531. The van der Waals surface area contributed by atoms with Crippen molar-refractivity contribution >= 4 is 17.3 Å². The van der Waals surface area contributed by atoms with Gasteiger partial charge in [0.1, 0.15) is 12.1 Å². The first kappa shape index (κ1) is 11.7. The summed E-state index contributed by atoms with van der Waals surface area (Å²) in [6.07, 6.45) is 2.29. The maximum atomic E-state index is 6.00.